The Kier molecular flexibility index (Phi) is 6.19. The lowest BCUT2D eigenvalue weighted by Crippen LogP contribution is -2.35. The first-order valence-corrected chi connectivity index (χ1v) is 6.63. The Morgan fingerprint density at radius 3 is 2.83 bits per heavy atom. The molecule has 100 valence electrons. The molecule has 1 aromatic heterocycles. The Labute approximate surface area is 108 Å². The summed E-state index contributed by atoms with van der Waals surface area (Å²) in [7, 11) is 0. The molecular weight excluding hydrogens is 228 g/mol. The number of aromatic amines is 1. The summed E-state index contributed by atoms with van der Waals surface area (Å²) in [5, 5.41) is 2.85. The van der Waals surface area contributed by atoms with Crippen LogP contribution in [-0.4, -0.2) is 16.9 Å². The lowest BCUT2D eigenvalue weighted by atomic mass is 10.1. The van der Waals surface area contributed by atoms with Crippen molar-refractivity contribution in [1.29, 1.82) is 0 Å². The Morgan fingerprint density at radius 2 is 2.17 bits per heavy atom. The van der Waals surface area contributed by atoms with Gasteiger partial charge in [0.05, 0.1) is 0 Å². The highest BCUT2D eigenvalue weighted by atomic mass is 16.2. The number of hydrogen-bond acceptors (Lipinski definition) is 2. The molecule has 0 spiro atoms. The average Bonchev–Trinajstić information content (AvgIpc) is 2.35. The topological polar surface area (TPSA) is 62.0 Å². The monoisotopic (exact) mass is 250 g/mol. The van der Waals surface area contributed by atoms with Crippen molar-refractivity contribution in [3.8, 4) is 0 Å². The molecule has 0 aliphatic rings. The number of nitrogens with one attached hydrogen (secondary N) is 2. The van der Waals surface area contributed by atoms with E-state index in [1.54, 1.807) is 0 Å². The number of amides is 1. The van der Waals surface area contributed by atoms with E-state index in [1.807, 2.05) is 6.92 Å². The summed E-state index contributed by atoms with van der Waals surface area (Å²) in [5.41, 5.74) is -0.0673. The van der Waals surface area contributed by atoms with Crippen molar-refractivity contribution in [2.45, 2.75) is 52.0 Å². The normalized spacial score (nSPS) is 12.1. The first kappa shape index (κ1) is 14.5. The van der Waals surface area contributed by atoms with E-state index >= 15 is 0 Å². The van der Waals surface area contributed by atoms with Crippen LogP contribution in [0, 0.1) is 0 Å². The molecule has 0 fully saturated rings. The SMILES string of the molecule is CCCCCCC(C)NC(=O)c1c[nH]ccc1=O. The Hall–Kier alpha value is -1.58. The van der Waals surface area contributed by atoms with Gasteiger partial charge in [-0.25, -0.2) is 0 Å². The Bertz CT molecular complexity index is 426. The standard InChI is InChI=1S/C14H22N2O2/c1-3-4-5-6-7-11(2)16-14(18)12-10-15-9-8-13(12)17/h8-11H,3-7H2,1-2H3,(H,15,17)(H,16,18). The highest BCUT2D eigenvalue weighted by Gasteiger charge is 2.12. The van der Waals surface area contributed by atoms with Gasteiger partial charge in [0.15, 0.2) is 5.43 Å². The fraction of sp³-hybridized carbons (Fsp3) is 0.571. The van der Waals surface area contributed by atoms with Crippen molar-refractivity contribution in [3.63, 3.8) is 0 Å². The Balaban J connectivity index is 2.40. The van der Waals surface area contributed by atoms with Crippen LogP contribution in [0.3, 0.4) is 0 Å². The highest BCUT2D eigenvalue weighted by molar-refractivity contribution is 5.93. The van der Waals surface area contributed by atoms with Gasteiger partial charge >= 0.3 is 0 Å². The molecule has 4 heteroatoms. The van der Waals surface area contributed by atoms with E-state index in [4.69, 9.17) is 0 Å². The van der Waals surface area contributed by atoms with Gasteiger partial charge in [-0.2, -0.15) is 0 Å². The fourth-order valence-corrected chi connectivity index (χ4v) is 1.84. The first-order chi connectivity index (χ1) is 8.65. The number of pyridine rings is 1. The first-order valence-electron chi connectivity index (χ1n) is 6.63. The molecule has 1 rings (SSSR count). The molecule has 0 aliphatic heterocycles. The Morgan fingerprint density at radius 1 is 1.39 bits per heavy atom. The van der Waals surface area contributed by atoms with E-state index in [-0.39, 0.29) is 22.9 Å². The highest BCUT2D eigenvalue weighted by Crippen LogP contribution is 2.05. The average molecular weight is 250 g/mol. The summed E-state index contributed by atoms with van der Waals surface area (Å²) in [6.07, 6.45) is 8.67. The minimum absolute atomic E-state index is 0.106. The smallest absolute Gasteiger partial charge is 0.256 e. The van der Waals surface area contributed by atoms with Gasteiger partial charge in [-0.15, -0.1) is 0 Å². The van der Waals surface area contributed by atoms with E-state index < -0.39 is 0 Å². The van der Waals surface area contributed by atoms with E-state index in [9.17, 15) is 9.59 Å². The lowest BCUT2D eigenvalue weighted by molar-refractivity contribution is 0.0936. The number of unbranched alkanes of at least 4 members (excludes halogenated alkanes) is 3. The third-order valence-corrected chi connectivity index (χ3v) is 2.94. The number of hydrogen-bond donors (Lipinski definition) is 2. The van der Waals surface area contributed by atoms with Crippen molar-refractivity contribution in [1.82, 2.24) is 10.3 Å². The molecule has 1 atom stereocenters. The molecule has 0 saturated carbocycles. The molecule has 0 radical (unpaired) electrons. The second-order valence-electron chi connectivity index (χ2n) is 4.65. The van der Waals surface area contributed by atoms with E-state index in [1.165, 1.54) is 37.7 Å². The molecule has 18 heavy (non-hydrogen) atoms. The number of carbonyl (C=O) groups excluding carboxylic acids is 1. The van der Waals surface area contributed by atoms with Gasteiger partial charge in [0, 0.05) is 24.5 Å². The van der Waals surface area contributed by atoms with Crippen LogP contribution in [0.4, 0.5) is 0 Å². The number of H-pyrrole nitrogens is 1. The van der Waals surface area contributed by atoms with Crippen LogP contribution in [0.5, 0.6) is 0 Å². The van der Waals surface area contributed by atoms with Gasteiger partial charge in [0.25, 0.3) is 5.91 Å². The van der Waals surface area contributed by atoms with E-state index in [0.29, 0.717) is 0 Å². The maximum Gasteiger partial charge on any atom is 0.256 e. The predicted octanol–water partition coefficient (Wildman–Crippen LogP) is 2.46. The largest absolute Gasteiger partial charge is 0.367 e. The summed E-state index contributed by atoms with van der Waals surface area (Å²) in [5.74, 6) is -0.292. The molecule has 1 aromatic rings. The van der Waals surface area contributed by atoms with Crippen LogP contribution >= 0.6 is 0 Å². The maximum atomic E-state index is 11.8. The number of carbonyl (C=O) groups is 1. The minimum Gasteiger partial charge on any atom is -0.367 e. The van der Waals surface area contributed by atoms with Gasteiger partial charge in [0.2, 0.25) is 0 Å². The maximum absolute atomic E-state index is 11.8. The zero-order valence-corrected chi connectivity index (χ0v) is 11.2. The van der Waals surface area contributed by atoms with Crippen LogP contribution in [-0.2, 0) is 0 Å². The second-order valence-corrected chi connectivity index (χ2v) is 4.65. The van der Waals surface area contributed by atoms with E-state index in [2.05, 4.69) is 17.2 Å². The third kappa shape index (κ3) is 4.73. The molecule has 0 bridgehead atoms. The molecular formula is C14H22N2O2. The van der Waals surface area contributed by atoms with Crippen molar-refractivity contribution < 1.29 is 4.79 Å². The predicted molar refractivity (Wildman–Crippen MR) is 72.7 cm³/mol. The number of aromatic nitrogens is 1. The molecule has 2 N–H and O–H groups in total. The second kappa shape index (κ2) is 7.69. The molecule has 1 amide bonds. The van der Waals surface area contributed by atoms with E-state index in [0.717, 1.165) is 12.8 Å². The third-order valence-electron chi connectivity index (χ3n) is 2.94. The number of rotatable bonds is 7. The zero-order chi connectivity index (χ0) is 13.4. The van der Waals surface area contributed by atoms with Crippen LogP contribution in [0.25, 0.3) is 0 Å². The lowest BCUT2D eigenvalue weighted by Gasteiger charge is -2.13. The summed E-state index contributed by atoms with van der Waals surface area (Å²) < 4.78 is 0. The van der Waals surface area contributed by atoms with Crippen LogP contribution in [0.15, 0.2) is 23.3 Å². The van der Waals surface area contributed by atoms with Gasteiger partial charge in [0.1, 0.15) is 5.56 Å². The molecule has 0 aromatic carbocycles. The van der Waals surface area contributed by atoms with Crippen molar-refractivity contribution >= 4 is 5.91 Å². The van der Waals surface area contributed by atoms with Crippen LogP contribution in [0.1, 0.15) is 56.3 Å². The summed E-state index contributed by atoms with van der Waals surface area (Å²) in [6.45, 7) is 4.15. The quantitative estimate of drug-likeness (QED) is 0.730. The fourth-order valence-electron chi connectivity index (χ4n) is 1.84. The summed E-state index contributed by atoms with van der Waals surface area (Å²) in [4.78, 5) is 26.0. The molecule has 1 unspecified atom stereocenters. The minimum atomic E-state index is -0.292. The van der Waals surface area contributed by atoms with Gasteiger partial charge in [-0.3, -0.25) is 9.59 Å². The van der Waals surface area contributed by atoms with Crippen LogP contribution < -0.4 is 10.7 Å². The van der Waals surface area contributed by atoms with Crippen LogP contribution in [0.2, 0.25) is 0 Å². The molecule has 1 heterocycles. The molecule has 4 nitrogen and oxygen atoms in total. The van der Waals surface area contributed by atoms with Crippen molar-refractivity contribution in [2.24, 2.45) is 0 Å². The van der Waals surface area contributed by atoms with Crippen molar-refractivity contribution in [3.05, 3.63) is 34.2 Å². The van der Waals surface area contributed by atoms with Gasteiger partial charge in [-0.05, 0) is 13.3 Å². The zero-order valence-electron chi connectivity index (χ0n) is 11.2. The van der Waals surface area contributed by atoms with Gasteiger partial charge < -0.3 is 10.3 Å². The summed E-state index contributed by atoms with van der Waals surface area (Å²) in [6, 6.07) is 1.47. The van der Waals surface area contributed by atoms with Crippen molar-refractivity contribution in [2.75, 3.05) is 0 Å². The molecule has 0 aliphatic carbocycles. The molecule has 0 saturated heterocycles. The van der Waals surface area contributed by atoms with Gasteiger partial charge in [-0.1, -0.05) is 32.6 Å². The summed E-state index contributed by atoms with van der Waals surface area (Å²) >= 11 is 0.